The lowest BCUT2D eigenvalue weighted by Crippen LogP contribution is -2.40. The smallest absolute Gasteiger partial charge is 0.0698 e. The number of rotatable bonds is 8. The van der Waals surface area contributed by atoms with Gasteiger partial charge in [0.1, 0.15) is 0 Å². The van der Waals surface area contributed by atoms with Crippen molar-refractivity contribution in [1.82, 2.24) is 5.32 Å². The third-order valence-electron chi connectivity index (χ3n) is 3.32. The van der Waals surface area contributed by atoms with Crippen molar-refractivity contribution in [2.24, 2.45) is 5.41 Å². The lowest BCUT2D eigenvalue weighted by atomic mass is 9.67. The fraction of sp³-hybridized carbons (Fsp3) is 1.00. The second kappa shape index (κ2) is 6.38. The molecule has 0 aromatic carbocycles. The zero-order valence-electron chi connectivity index (χ0n) is 9.22. The van der Waals surface area contributed by atoms with Crippen LogP contribution in [0.1, 0.15) is 32.6 Å². The van der Waals surface area contributed by atoms with E-state index in [2.05, 4.69) is 12.2 Å². The molecule has 1 fully saturated rings. The second-order valence-electron chi connectivity index (χ2n) is 4.22. The predicted molar refractivity (Wildman–Crippen MR) is 57.3 cm³/mol. The van der Waals surface area contributed by atoms with Gasteiger partial charge in [0.05, 0.1) is 19.8 Å². The Balaban J connectivity index is 1.92. The quantitative estimate of drug-likeness (QED) is 0.579. The number of aliphatic hydroxyl groups excluding tert-OH is 1. The maximum absolute atomic E-state index is 8.49. The third kappa shape index (κ3) is 3.56. The van der Waals surface area contributed by atoms with Gasteiger partial charge in [-0.3, -0.25) is 0 Å². The molecule has 0 aliphatic heterocycles. The number of nitrogens with one attached hydrogen (secondary N) is 1. The van der Waals surface area contributed by atoms with Gasteiger partial charge >= 0.3 is 0 Å². The summed E-state index contributed by atoms with van der Waals surface area (Å²) in [7, 11) is 0. The van der Waals surface area contributed by atoms with Gasteiger partial charge < -0.3 is 15.2 Å². The van der Waals surface area contributed by atoms with E-state index in [0.29, 0.717) is 18.6 Å². The van der Waals surface area contributed by atoms with Crippen LogP contribution in [0, 0.1) is 5.41 Å². The summed E-state index contributed by atoms with van der Waals surface area (Å²) < 4.78 is 5.17. The van der Waals surface area contributed by atoms with Gasteiger partial charge in [0.15, 0.2) is 0 Å². The van der Waals surface area contributed by atoms with Crippen molar-refractivity contribution in [1.29, 1.82) is 0 Å². The van der Waals surface area contributed by atoms with Crippen molar-refractivity contribution in [3.05, 3.63) is 0 Å². The van der Waals surface area contributed by atoms with Gasteiger partial charge in [-0.1, -0.05) is 13.3 Å². The molecule has 0 aromatic heterocycles. The van der Waals surface area contributed by atoms with Crippen LogP contribution in [0.5, 0.6) is 0 Å². The molecule has 2 N–H and O–H groups in total. The van der Waals surface area contributed by atoms with Crippen LogP contribution in [0.2, 0.25) is 0 Å². The normalized spacial score (nSPS) is 19.3. The minimum Gasteiger partial charge on any atom is -0.394 e. The molecule has 0 aromatic rings. The Morgan fingerprint density at radius 3 is 2.64 bits per heavy atom. The summed E-state index contributed by atoms with van der Waals surface area (Å²) >= 11 is 0. The SMILES string of the molecule is CCC1(CNCCOCCO)CCC1. The van der Waals surface area contributed by atoms with Gasteiger partial charge in [0.25, 0.3) is 0 Å². The summed E-state index contributed by atoms with van der Waals surface area (Å²) in [5, 5.41) is 11.9. The fourth-order valence-electron chi connectivity index (χ4n) is 2.00. The molecule has 14 heavy (non-hydrogen) atoms. The average molecular weight is 201 g/mol. The topological polar surface area (TPSA) is 41.5 Å². The monoisotopic (exact) mass is 201 g/mol. The van der Waals surface area contributed by atoms with E-state index in [9.17, 15) is 0 Å². The van der Waals surface area contributed by atoms with Gasteiger partial charge in [0.2, 0.25) is 0 Å². The number of aliphatic hydroxyl groups is 1. The van der Waals surface area contributed by atoms with Crippen molar-refractivity contribution in [2.75, 3.05) is 32.9 Å². The zero-order valence-corrected chi connectivity index (χ0v) is 9.22. The van der Waals surface area contributed by atoms with E-state index < -0.39 is 0 Å². The summed E-state index contributed by atoms with van der Waals surface area (Å²) in [6, 6.07) is 0. The van der Waals surface area contributed by atoms with Gasteiger partial charge in [-0.25, -0.2) is 0 Å². The average Bonchev–Trinajstić information content (AvgIpc) is 2.15. The molecule has 1 aliphatic carbocycles. The third-order valence-corrected chi connectivity index (χ3v) is 3.32. The predicted octanol–water partition coefficient (Wildman–Crippen LogP) is 1.17. The van der Waals surface area contributed by atoms with E-state index in [-0.39, 0.29) is 6.61 Å². The maximum Gasteiger partial charge on any atom is 0.0698 e. The van der Waals surface area contributed by atoms with E-state index in [4.69, 9.17) is 9.84 Å². The Morgan fingerprint density at radius 2 is 2.14 bits per heavy atom. The molecule has 0 spiro atoms. The summed E-state index contributed by atoms with van der Waals surface area (Å²) in [5.74, 6) is 0. The zero-order chi connectivity index (χ0) is 10.3. The highest BCUT2D eigenvalue weighted by atomic mass is 16.5. The molecule has 0 bridgehead atoms. The van der Waals surface area contributed by atoms with Crippen LogP contribution in [0.15, 0.2) is 0 Å². The van der Waals surface area contributed by atoms with Crippen molar-refractivity contribution >= 4 is 0 Å². The maximum atomic E-state index is 8.49. The summed E-state index contributed by atoms with van der Waals surface area (Å²) in [4.78, 5) is 0. The minimum atomic E-state index is 0.124. The molecule has 3 nitrogen and oxygen atoms in total. The summed E-state index contributed by atoms with van der Waals surface area (Å²) in [5.41, 5.74) is 0.594. The van der Waals surface area contributed by atoms with Crippen LogP contribution >= 0.6 is 0 Å². The van der Waals surface area contributed by atoms with Gasteiger partial charge in [-0.2, -0.15) is 0 Å². The second-order valence-corrected chi connectivity index (χ2v) is 4.22. The first kappa shape index (κ1) is 12.0. The Bertz CT molecular complexity index is 141. The lowest BCUT2D eigenvalue weighted by Gasteiger charge is -2.41. The van der Waals surface area contributed by atoms with Crippen LogP contribution in [-0.2, 0) is 4.74 Å². The highest BCUT2D eigenvalue weighted by Crippen LogP contribution is 2.42. The highest BCUT2D eigenvalue weighted by Gasteiger charge is 2.34. The molecule has 1 aliphatic rings. The van der Waals surface area contributed by atoms with E-state index >= 15 is 0 Å². The van der Waals surface area contributed by atoms with Crippen LogP contribution in [0.3, 0.4) is 0 Å². The van der Waals surface area contributed by atoms with E-state index in [1.54, 1.807) is 0 Å². The van der Waals surface area contributed by atoms with Crippen LogP contribution in [-0.4, -0.2) is 38.0 Å². The molecule has 0 radical (unpaired) electrons. The van der Waals surface area contributed by atoms with Crippen LogP contribution < -0.4 is 5.32 Å². The van der Waals surface area contributed by atoms with Crippen molar-refractivity contribution in [2.45, 2.75) is 32.6 Å². The molecular weight excluding hydrogens is 178 g/mol. The van der Waals surface area contributed by atoms with Gasteiger partial charge in [-0.05, 0) is 24.7 Å². The molecule has 1 rings (SSSR count). The first-order valence-corrected chi connectivity index (χ1v) is 5.72. The first-order chi connectivity index (χ1) is 6.83. The standard InChI is InChI=1S/C11H23NO2/c1-2-11(4-3-5-11)10-12-6-8-14-9-7-13/h12-13H,2-10H2,1H3. The molecular formula is C11H23NO2. The van der Waals surface area contributed by atoms with Crippen molar-refractivity contribution in [3.63, 3.8) is 0 Å². The van der Waals surface area contributed by atoms with Crippen LogP contribution in [0.4, 0.5) is 0 Å². The Morgan fingerprint density at radius 1 is 1.36 bits per heavy atom. The number of hydrogen-bond donors (Lipinski definition) is 2. The summed E-state index contributed by atoms with van der Waals surface area (Å²) in [6.07, 6.45) is 5.45. The Hall–Kier alpha value is -0.120. The van der Waals surface area contributed by atoms with Gasteiger partial charge in [-0.15, -0.1) is 0 Å². The van der Waals surface area contributed by atoms with Crippen molar-refractivity contribution < 1.29 is 9.84 Å². The molecule has 0 saturated heterocycles. The highest BCUT2D eigenvalue weighted by molar-refractivity contribution is 4.88. The van der Waals surface area contributed by atoms with Crippen molar-refractivity contribution in [3.8, 4) is 0 Å². The Kier molecular flexibility index (Phi) is 5.45. The van der Waals surface area contributed by atoms with Gasteiger partial charge in [0, 0.05) is 13.1 Å². The number of hydrogen-bond acceptors (Lipinski definition) is 3. The minimum absolute atomic E-state index is 0.124. The van der Waals surface area contributed by atoms with E-state index in [1.165, 1.54) is 25.7 Å². The molecule has 1 saturated carbocycles. The summed E-state index contributed by atoms with van der Waals surface area (Å²) in [6.45, 7) is 5.61. The lowest BCUT2D eigenvalue weighted by molar-refractivity contribution is 0.0847. The first-order valence-electron chi connectivity index (χ1n) is 5.72. The molecule has 84 valence electrons. The molecule has 0 atom stereocenters. The molecule has 3 heteroatoms. The fourth-order valence-corrected chi connectivity index (χ4v) is 2.00. The largest absolute Gasteiger partial charge is 0.394 e. The number of ether oxygens (including phenoxy) is 1. The molecule has 0 amide bonds. The van der Waals surface area contributed by atoms with E-state index in [1.807, 2.05) is 0 Å². The van der Waals surface area contributed by atoms with E-state index in [0.717, 1.165) is 13.1 Å². The molecule has 0 heterocycles. The Labute approximate surface area is 86.8 Å². The molecule has 0 unspecified atom stereocenters. The van der Waals surface area contributed by atoms with Crippen LogP contribution in [0.25, 0.3) is 0 Å².